The van der Waals surface area contributed by atoms with Crippen molar-refractivity contribution in [2.24, 2.45) is 0 Å². The van der Waals surface area contributed by atoms with Crippen LogP contribution < -0.4 is 10.1 Å². The number of benzene rings is 2. The monoisotopic (exact) mass is 534 g/mol. The van der Waals surface area contributed by atoms with Crippen molar-refractivity contribution in [2.75, 3.05) is 18.5 Å². The molecule has 4 rings (SSSR count). The van der Waals surface area contributed by atoms with Crippen molar-refractivity contribution in [1.29, 1.82) is 0 Å². The number of hydrogen-bond acceptors (Lipinski definition) is 8. The molecule has 0 unspecified atom stereocenters. The Morgan fingerprint density at radius 3 is 2.58 bits per heavy atom. The highest BCUT2D eigenvalue weighted by Gasteiger charge is 2.18. The highest BCUT2D eigenvalue weighted by Crippen LogP contribution is 2.36. The molecule has 0 saturated carbocycles. The quantitative estimate of drug-likeness (QED) is 0.230. The first-order chi connectivity index (χ1) is 18.1. The molecule has 0 bridgehead atoms. The Labute approximate surface area is 227 Å². The van der Waals surface area contributed by atoms with E-state index in [1.54, 1.807) is 12.3 Å². The van der Waals surface area contributed by atoms with Crippen LogP contribution in [0.2, 0.25) is 5.02 Å². The van der Waals surface area contributed by atoms with Gasteiger partial charge in [-0.05, 0) is 70.0 Å². The van der Waals surface area contributed by atoms with Crippen molar-refractivity contribution >= 4 is 23.4 Å². The average molecular weight is 535 g/mol. The minimum Gasteiger partial charge on any atom is -0.493 e. The molecule has 8 nitrogen and oxygen atoms in total. The number of aromatic nitrogens is 3. The first-order valence-corrected chi connectivity index (χ1v) is 12.8. The van der Waals surface area contributed by atoms with Gasteiger partial charge >= 0.3 is 5.97 Å². The van der Waals surface area contributed by atoms with E-state index >= 15 is 0 Å². The summed E-state index contributed by atoms with van der Waals surface area (Å²) in [5.74, 6) is 1.61. The highest BCUT2D eigenvalue weighted by molar-refractivity contribution is 6.33. The molecule has 9 heteroatoms. The van der Waals surface area contributed by atoms with Crippen molar-refractivity contribution in [3.05, 3.63) is 65.3 Å². The summed E-state index contributed by atoms with van der Waals surface area (Å²) < 4.78 is 16.8. The summed E-state index contributed by atoms with van der Waals surface area (Å²) in [7, 11) is 0. The summed E-state index contributed by atoms with van der Waals surface area (Å²) in [6.07, 6.45) is 1.79. The van der Waals surface area contributed by atoms with Crippen LogP contribution in [0, 0.1) is 6.92 Å². The van der Waals surface area contributed by atoms with Crippen LogP contribution in [0.5, 0.6) is 5.75 Å². The zero-order valence-electron chi connectivity index (χ0n) is 22.2. The van der Waals surface area contributed by atoms with Crippen molar-refractivity contribution < 1.29 is 18.8 Å². The van der Waals surface area contributed by atoms with Gasteiger partial charge in [-0.3, -0.25) is 4.79 Å². The number of rotatable bonds is 9. The number of hydrogen-bond donors (Lipinski definition) is 1. The van der Waals surface area contributed by atoms with Gasteiger partial charge in [-0.25, -0.2) is 4.98 Å². The maximum absolute atomic E-state index is 11.9. The van der Waals surface area contributed by atoms with Crippen LogP contribution >= 0.6 is 11.6 Å². The predicted octanol–water partition coefficient (Wildman–Crippen LogP) is 6.97. The highest BCUT2D eigenvalue weighted by atomic mass is 35.5. The molecule has 38 heavy (non-hydrogen) atoms. The van der Waals surface area contributed by atoms with Gasteiger partial charge in [0, 0.05) is 29.4 Å². The van der Waals surface area contributed by atoms with Crippen LogP contribution in [0.1, 0.15) is 39.7 Å². The summed E-state index contributed by atoms with van der Waals surface area (Å²) in [5, 5.41) is 7.55. The Morgan fingerprint density at radius 1 is 1.08 bits per heavy atom. The van der Waals surface area contributed by atoms with E-state index < -0.39 is 5.60 Å². The van der Waals surface area contributed by atoms with E-state index in [0.29, 0.717) is 41.3 Å². The van der Waals surface area contributed by atoms with Gasteiger partial charge in [-0.2, -0.15) is 4.98 Å². The second-order valence-electron chi connectivity index (χ2n) is 9.70. The lowest BCUT2D eigenvalue weighted by atomic mass is 9.98. The lowest BCUT2D eigenvalue weighted by Crippen LogP contribution is -2.25. The van der Waals surface area contributed by atoms with Crippen LogP contribution in [0.25, 0.3) is 34.0 Å². The van der Waals surface area contributed by atoms with Gasteiger partial charge < -0.3 is 19.3 Å². The molecule has 0 amide bonds. The van der Waals surface area contributed by atoms with Gasteiger partial charge in [0.15, 0.2) is 0 Å². The summed E-state index contributed by atoms with van der Waals surface area (Å²) in [6.45, 7) is 10.4. The average Bonchev–Trinajstić information content (AvgIpc) is 3.35. The lowest BCUT2D eigenvalue weighted by molar-refractivity contribution is -0.154. The maximum Gasteiger partial charge on any atom is 0.308 e. The normalized spacial score (nSPS) is 11.3. The summed E-state index contributed by atoms with van der Waals surface area (Å²) in [5.41, 5.74) is 4.08. The number of pyridine rings is 1. The van der Waals surface area contributed by atoms with Crippen LogP contribution in [-0.4, -0.2) is 39.8 Å². The number of halogens is 1. The van der Waals surface area contributed by atoms with Gasteiger partial charge in [-0.1, -0.05) is 41.0 Å². The fraction of sp³-hybridized carbons (Fsp3) is 0.310. The minimum absolute atomic E-state index is 0.192. The van der Waals surface area contributed by atoms with E-state index in [4.69, 9.17) is 25.6 Å². The molecular weight excluding hydrogens is 504 g/mol. The van der Waals surface area contributed by atoms with Crippen LogP contribution in [0.3, 0.4) is 0 Å². The van der Waals surface area contributed by atoms with E-state index in [1.807, 2.05) is 58.0 Å². The minimum atomic E-state index is -0.522. The Hall–Kier alpha value is -3.91. The van der Waals surface area contributed by atoms with Crippen molar-refractivity contribution in [2.45, 2.75) is 46.6 Å². The van der Waals surface area contributed by atoms with Gasteiger partial charge in [0.1, 0.15) is 17.2 Å². The molecule has 0 fully saturated rings. The first-order valence-electron chi connectivity index (χ1n) is 12.4. The number of nitrogens with zero attached hydrogens (tertiary/aromatic N) is 3. The standard InChI is InChI=1S/C29H31ClN4O4/c1-6-36-24-16-19(11-12-22(24)21-10-8-7-9-18(21)2)28-33-26(34-38-28)20-15-23(30)27(32-17-20)31-14-13-25(35)37-29(3,4)5/h7-12,15-17H,6,13-14H2,1-5H3,(H,31,32). The Kier molecular flexibility index (Phi) is 8.32. The number of nitrogens with one attached hydrogen (secondary N) is 1. The molecule has 0 aliphatic heterocycles. The molecule has 2 aromatic heterocycles. The fourth-order valence-electron chi connectivity index (χ4n) is 3.85. The molecule has 198 valence electrons. The Morgan fingerprint density at radius 2 is 1.87 bits per heavy atom. The largest absolute Gasteiger partial charge is 0.493 e. The molecule has 0 radical (unpaired) electrons. The zero-order chi connectivity index (χ0) is 27.3. The van der Waals surface area contributed by atoms with Gasteiger partial charge in [-0.15, -0.1) is 0 Å². The van der Waals surface area contributed by atoms with E-state index in [9.17, 15) is 4.79 Å². The summed E-state index contributed by atoms with van der Waals surface area (Å²) >= 11 is 6.42. The zero-order valence-corrected chi connectivity index (χ0v) is 22.9. The Balaban J connectivity index is 1.49. The molecule has 0 aliphatic rings. The van der Waals surface area contributed by atoms with Gasteiger partial charge in [0.05, 0.1) is 18.1 Å². The van der Waals surface area contributed by atoms with Crippen molar-refractivity contribution in [1.82, 2.24) is 15.1 Å². The topological polar surface area (TPSA) is 99.4 Å². The molecule has 0 spiro atoms. The molecule has 0 atom stereocenters. The molecule has 4 aromatic rings. The van der Waals surface area contributed by atoms with E-state index in [1.165, 1.54) is 0 Å². The van der Waals surface area contributed by atoms with Crippen molar-refractivity contribution in [3.8, 4) is 39.7 Å². The SMILES string of the molecule is CCOc1cc(-c2nc(-c3cnc(NCCC(=O)OC(C)(C)C)c(Cl)c3)no2)ccc1-c1ccccc1C. The van der Waals surface area contributed by atoms with Gasteiger partial charge in [0.25, 0.3) is 5.89 Å². The predicted molar refractivity (Wildman–Crippen MR) is 148 cm³/mol. The molecule has 0 aliphatic carbocycles. The second kappa shape index (κ2) is 11.6. The number of anilines is 1. The number of carbonyl (C=O) groups excluding carboxylic acids is 1. The first kappa shape index (κ1) is 27.1. The number of esters is 1. The van der Waals surface area contributed by atoms with E-state index in [-0.39, 0.29) is 12.4 Å². The molecule has 0 saturated heterocycles. The molecular formula is C29H31ClN4O4. The summed E-state index contributed by atoms with van der Waals surface area (Å²) in [6, 6.07) is 15.7. The van der Waals surface area contributed by atoms with Crippen LogP contribution in [0.4, 0.5) is 5.82 Å². The third-order valence-corrected chi connectivity index (χ3v) is 5.82. The third kappa shape index (κ3) is 6.69. The van der Waals surface area contributed by atoms with Crippen LogP contribution in [0.15, 0.2) is 59.3 Å². The maximum atomic E-state index is 11.9. The molecule has 2 heterocycles. The van der Waals surface area contributed by atoms with Crippen LogP contribution in [-0.2, 0) is 9.53 Å². The van der Waals surface area contributed by atoms with E-state index in [0.717, 1.165) is 28.0 Å². The second-order valence-corrected chi connectivity index (χ2v) is 10.1. The number of aryl methyl sites for hydroxylation is 1. The molecule has 1 N–H and O–H groups in total. The number of carbonyl (C=O) groups is 1. The molecule has 2 aromatic carbocycles. The lowest BCUT2D eigenvalue weighted by Gasteiger charge is -2.19. The summed E-state index contributed by atoms with van der Waals surface area (Å²) in [4.78, 5) is 20.8. The number of ether oxygens (including phenoxy) is 2. The van der Waals surface area contributed by atoms with Gasteiger partial charge in [0.2, 0.25) is 5.82 Å². The van der Waals surface area contributed by atoms with E-state index in [2.05, 4.69) is 39.5 Å². The fourth-order valence-corrected chi connectivity index (χ4v) is 4.08. The van der Waals surface area contributed by atoms with Crippen molar-refractivity contribution in [3.63, 3.8) is 0 Å². The Bertz CT molecular complexity index is 1430. The third-order valence-electron chi connectivity index (χ3n) is 5.53. The smallest absolute Gasteiger partial charge is 0.308 e.